The summed E-state index contributed by atoms with van der Waals surface area (Å²) in [7, 11) is 0. The van der Waals surface area contributed by atoms with Gasteiger partial charge in [0.15, 0.2) is 10.7 Å². The quantitative estimate of drug-likeness (QED) is 0.538. The highest BCUT2D eigenvalue weighted by Gasteiger charge is 2.23. The molecule has 0 radical (unpaired) electrons. The second-order valence-electron chi connectivity index (χ2n) is 7.08. The first-order valence-electron chi connectivity index (χ1n) is 9.62. The molecule has 0 spiro atoms. The van der Waals surface area contributed by atoms with Gasteiger partial charge in [0, 0.05) is 30.8 Å². The Bertz CT molecular complexity index is 757. The molecule has 1 aliphatic rings. The topological polar surface area (TPSA) is 69.2 Å². The highest BCUT2D eigenvalue weighted by atomic mass is 32.2. The number of unbranched alkanes of at least 4 members (excludes halogenated alkanes) is 1. The Hall–Kier alpha value is -1.92. The Balaban J connectivity index is 1.93. The van der Waals surface area contributed by atoms with Crippen molar-refractivity contribution in [1.82, 2.24) is 9.97 Å². The number of aromatic nitrogens is 2. The molecule has 6 heteroatoms. The molecule has 144 valence electrons. The zero-order valence-electron chi connectivity index (χ0n) is 16.1. The van der Waals surface area contributed by atoms with Crippen molar-refractivity contribution in [3.8, 4) is 11.3 Å². The van der Waals surface area contributed by atoms with Crippen molar-refractivity contribution in [2.75, 3.05) is 24.2 Å². The van der Waals surface area contributed by atoms with Crippen molar-refractivity contribution in [2.24, 2.45) is 5.92 Å². The summed E-state index contributed by atoms with van der Waals surface area (Å²) in [5.41, 5.74) is 2.85. The molecule has 1 aromatic carbocycles. The minimum atomic E-state index is -0.995. The Morgan fingerprint density at radius 1 is 1.26 bits per heavy atom. The molecule has 1 aromatic heterocycles. The number of hydrogen-bond acceptors (Lipinski definition) is 5. The van der Waals surface area contributed by atoms with Crippen LogP contribution in [-0.2, 0) is 22.4 Å². The molecule has 3 rings (SSSR count). The molecule has 1 fully saturated rings. The van der Waals surface area contributed by atoms with E-state index in [0.717, 1.165) is 79.1 Å². The van der Waals surface area contributed by atoms with Gasteiger partial charge in [0.1, 0.15) is 18.2 Å². The average molecular weight is 386 g/mol. The van der Waals surface area contributed by atoms with E-state index in [1.807, 2.05) is 30.5 Å². The Morgan fingerprint density at radius 3 is 2.56 bits per heavy atom. The van der Waals surface area contributed by atoms with Gasteiger partial charge in [0.2, 0.25) is 0 Å². The fourth-order valence-electron chi connectivity index (χ4n) is 3.37. The number of aldehydes is 1. The maximum atomic E-state index is 11.7. The number of benzene rings is 1. The average Bonchev–Trinajstić information content (AvgIpc) is 2.72. The molecule has 0 N–H and O–H groups in total. The number of aryl methyl sites for hydroxylation is 1. The minimum Gasteiger partial charge on any atom is -0.612 e. The molecule has 0 amide bonds. The first kappa shape index (κ1) is 19.8. The van der Waals surface area contributed by atoms with Gasteiger partial charge in [-0.2, -0.15) is 0 Å². The van der Waals surface area contributed by atoms with Crippen LogP contribution in [0.3, 0.4) is 0 Å². The molecule has 1 atom stereocenters. The molecule has 2 aromatic rings. The van der Waals surface area contributed by atoms with Gasteiger partial charge < -0.3 is 14.2 Å². The Morgan fingerprint density at radius 2 is 1.96 bits per heavy atom. The number of hydrogen-bond donors (Lipinski definition) is 0. The molecular weight excluding hydrogens is 358 g/mol. The molecule has 0 bridgehead atoms. The second kappa shape index (κ2) is 9.33. The van der Waals surface area contributed by atoms with Crippen molar-refractivity contribution in [3.05, 3.63) is 36.2 Å². The zero-order valence-corrected chi connectivity index (χ0v) is 16.9. The van der Waals surface area contributed by atoms with E-state index in [2.05, 4.69) is 11.8 Å². The van der Waals surface area contributed by atoms with Crippen LogP contribution < -0.4 is 4.90 Å². The monoisotopic (exact) mass is 385 g/mol. The molecule has 5 nitrogen and oxygen atoms in total. The van der Waals surface area contributed by atoms with Crippen LogP contribution in [0.4, 0.5) is 5.82 Å². The fourth-order valence-corrected chi connectivity index (χ4v) is 3.89. The molecule has 1 saturated heterocycles. The molecule has 1 aliphatic heterocycles. The SMILES string of the molecule is CCCCc1cnc(-c2ccc([S+](C)[O-])cc2)c(N2CCC(C=O)CC2)n1. The summed E-state index contributed by atoms with van der Waals surface area (Å²) in [5.74, 6) is 1.05. The van der Waals surface area contributed by atoms with Crippen LogP contribution >= 0.6 is 0 Å². The lowest BCUT2D eigenvalue weighted by Gasteiger charge is -2.31. The summed E-state index contributed by atoms with van der Waals surface area (Å²) in [4.78, 5) is 23.8. The number of rotatable bonds is 7. The van der Waals surface area contributed by atoms with Crippen LogP contribution in [-0.4, -0.2) is 40.2 Å². The van der Waals surface area contributed by atoms with Crippen LogP contribution in [0.25, 0.3) is 11.3 Å². The summed E-state index contributed by atoms with van der Waals surface area (Å²) in [5, 5.41) is 0. The number of nitrogens with zero attached hydrogens (tertiary/aromatic N) is 3. The summed E-state index contributed by atoms with van der Waals surface area (Å²) in [6.07, 6.45) is 9.49. The third kappa shape index (κ3) is 4.87. The number of carbonyl (C=O) groups excluding carboxylic acids is 1. The predicted octanol–water partition coefficient (Wildman–Crippen LogP) is 3.64. The van der Waals surface area contributed by atoms with Crippen LogP contribution in [0.15, 0.2) is 35.4 Å². The van der Waals surface area contributed by atoms with Gasteiger partial charge in [-0.05, 0) is 61.1 Å². The van der Waals surface area contributed by atoms with Gasteiger partial charge in [-0.3, -0.25) is 4.98 Å². The smallest absolute Gasteiger partial charge is 0.155 e. The van der Waals surface area contributed by atoms with Crippen molar-refractivity contribution in [2.45, 2.75) is 43.9 Å². The summed E-state index contributed by atoms with van der Waals surface area (Å²) in [6.45, 7) is 3.81. The molecule has 1 unspecified atom stereocenters. The normalized spacial score (nSPS) is 16.3. The van der Waals surface area contributed by atoms with Crippen molar-refractivity contribution < 1.29 is 9.35 Å². The number of carbonyl (C=O) groups is 1. The van der Waals surface area contributed by atoms with Gasteiger partial charge in [-0.15, -0.1) is 0 Å². The maximum Gasteiger partial charge on any atom is 0.155 e. The second-order valence-corrected chi connectivity index (χ2v) is 8.46. The van der Waals surface area contributed by atoms with E-state index in [1.165, 1.54) is 0 Å². The van der Waals surface area contributed by atoms with Gasteiger partial charge in [-0.25, -0.2) is 4.98 Å². The van der Waals surface area contributed by atoms with E-state index in [9.17, 15) is 9.35 Å². The standard InChI is InChI=1S/C21H27N3O2S/c1-3-4-5-18-14-22-20(17-6-8-19(9-7-17)27(2)26)21(23-18)24-12-10-16(15-25)11-13-24/h6-9,14-16H,3-5,10-13H2,1-2H3. The van der Waals surface area contributed by atoms with E-state index in [1.54, 1.807) is 6.26 Å². The molecule has 2 heterocycles. The highest BCUT2D eigenvalue weighted by Crippen LogP contribution is 2.31. The largest absolute Gasteiger partial charge is 0.612 e. The van der Waals surface area contributed by atoms with Crippen molar-refractivity contribution >= 4 is 23.3 Å². The van der Waals surface area contributed by atoms with Gasteiger partial charge >= 0.3 is 0 Å². The van der Waals surface area contributed by atoms with Crippen LogP contribution in [0, 0.1) is 5.92 Å². The maximum absolute atomic E-state index is 11.7. The minimum absolute atomic E-state index is 0.153. The summed E-state index contributed by atoms with van der Waals surface area (Å²) < 4.78 is 11.7. The van der Waals surface area contributed by atoms with Gasteiger partial charge in [0.25, 0.3) is 0 Å². The molecule has 0 saturated carbocycles. The van der Waals surface area contributed by atoms with Gasteiger partial charge in [0.05, 0.1) is 5.69 Å². The third-order valence-corrected chi connectivity index (χ3v) is 6.02. The predicted molar refractivity (Wildman–Crippen MR) is 109 cm³/mol. The lowest BCUT2D eigenvalue weighted by atomic mass is 9.98. The van der Waals surface area contributed by atoms with E-state index in [4.69, 9.17) is 9.97 Å². The number of anilines is 1. The lowest BCUT2D eigenvalue weighted by molar-refractivity contribution is -0.111. The molecular formula is C21H27N3O2S. The summed E-state index contributed by atoms with van der Waals surface area (Å²) in [6, 6.07) is 7.71. The van der Waals surface area contributed by atoms with Crippen LogP contribution in [0.5, 0.6) is 0 Å². The van der Waals surface area contributed by atoms with E-state index < -0.39 is 11.2 Å². The third-order valence-electron chi connectivity index (χ3n) is 5.08. The highest BCUT2D eigenvalue weighted by molar-refractivity contribution is 7.90. The van der Waals surface area contributed by atoms with E-state index >= 15 is 0 Å². The zero-order chi connectivity index (χ0) is 19.2. The van der Waals surface area contributed by atoms with E-state index in [-0.39, 0.29) is 5.92 Å². The van der Waals surface area contributed by atoms with Crippen LogP contribution in [0.2, 0.25) is 0 Å². The first-order chi connectivity index (χ1) is 13.1. The molecule has 27 heavy (non-hydrogen) atoms. The van der Waals surface area contributed by atoms with Crippen LogP contribution in [0.1, 0.15) is 38.3 Å². The van der Waals surface area contributed by atoms with Gasteiger partial charge in [-0.1, -0.05) is 13.3 Å². The Labute approximate surface area is 164 Å². The Kier molecular flexibility index (Phi) is 6.85. The molecule has 0 aliphatic carbocycles. The first-order valence-corrected chi connectivity index (χ1v) is 11.2. The van der Waals surface area contributed by atoms with Crippen molar-refractivity contribution in [1.29, 1.82) is 0 Å². The van der Waals surface area contributed by atoms with E-state index in [0.29, 0.717) is 0 Å². The number of piperidine rings is 1. The fraction of sp³-hybridized carbons (Fsp3) is 0.476. The lowest BCUT2D eigenvalue weighted by Crippen LogP contribution is -2.35. The summed E-state index contributed by atoms with van der Waals surface area (Å²) >= 11 is -0.995. The van der Waals surface area contributed by atoms with Crippen molar-refractivity contribution in [3.63, 3.8) is 0 Å².